The van der Waals surface area contributed by atoms with Crippen molar-refractivity contribution < 1.29 is 19.6 Å². The van der Waals surface area contributed by atoms with E-state index in [0.29, 0.717) is 19.1 Å². The topological polar surface area (TPSA) is 36.9 Å². The quantitative estimate of drug-likeness (QED) is 0.527. The first-order valence-electron chi connectivity index (χ1n) is 8.10. The lowest BCUT2D eigenvalue weighted by molar-refractivity contribution is -0.365. The van der Waals surface area contributed by atoms with Crippen LogP contribution >= 0.6 is 0 Å². The zero-order valence-corrected chi connectivity index (χ0v) is 15.0. The second-order valence-electron chi connectivity index (χ2n) is 8.71. The number of rotatable bonds is 6. The molecule has 0 bridgehead atoms. The highest BCUT2D eigenvalue weighted by Crippen LogP contribution is 2.39. The summed E-state index contributed by atoms with van der Waals surface area (Å²) in [4.78, 5) is 21.7. The van der Waals surface area contributed by atoms with Crippen molar-refractivity contribution in [3.8, 4) is 0 Å². The van der Waals surface area contributed by atoms with E-state index < -0.39 is 0 Å². The molecule has 1 rings (SSSR count). The summed E-state index contributed by atoms with van der Waals surface area (Å²) in [5.41, 5.74) is -0.338. The van der Waals surface area contributed by atoms with Gasteiger partial charge in [-0.2, -0.15) is 0 Å². The van der Waals surface area contributed by atoms with Gasteiger partial charge in [-0.25, -0.2) is 19.6 Å². The van der Waals surface area contributed by atoms with Crippen molar-refractivity contribution in [2.24, 2.45) is 11.3 Å². The Morgan fingerprint density at radius 3 is 2.10 bits per heavy atom. The normalized spacial score (nSPS) is 27.9. The Kier molecular flexibility index (Phi) is 6.66. The van der Waals surface area contributed by atoms with Crippen LogP contribution in [0.25, 0.3) is 0 Å². The lowest BCUT2D eigenvalue weighted by atomic mass is 9.71. The third-order valence-corrected chi connectivity index (χ3v) is 3.50. The van der Waals surface area contributed by atoms with Crippen molar-refractivity contribution in [3.05, 3.63) is 0 Å². The minimum absolute atomic E-state index is 0.166. The molecule has 0 heterocycles. The zero-order valence-electron chi connectivity index (χ0n) is 15.0. The molecule has 0 aromatic carbocycles. The maximum atomic E-state index is 5.48. The summed E-state index contributed by atoms with van der Waals surface area (Å²) in [7, 11) is 0. The summed E-state index contributed by atoms with van der Waals surface area (Å²) in [5, 5.41) is 0. The molecule has 2 unspecified atom stereocenters. The summed E-state index contributed by atoms with van der Waals surface area (Å²) in [5.74, 6) is 0.532. The molecule has 126 valence electrons. The van der Waals surface area contributed by atoms with Gasteiger partial charge in [0.2, 0.25) is 0 Å². The van der Waals surface area contributed by atoms with Crippen LogP contribution in [0.5, 0.6) is 0 Å². The van der Waals surface area contributed by atoms with Crippen molar-refractivity contribution in [3.63, 3.8) is 0 Å². The SMILES string of the molecule is CC1(COOC(C)(C)C)CCCC(COOC(C)(C)C)C1. The van der Waals surface area contributed by atoms with Crippen molar-refractivity contribution in [1.82, 2.24) is 0 Å². The van der Waals surface area contributed by atoms with Gasteiger partial charge in [-0.3, -0.25) is 0 Å². The average molecular weight is 302 g/mol. The van der Waals surface area contributed by atoms with E-state index in [2.05, 4.69) is 6.92 Å². The fraction of sp³-hybridized carbons (Fsp3) is 1.00. The molecule has 0 radical (unpaired) electrons. The molecule has 21 heavy (non-hydrogen) atoms. The van der Waals surface area contributed by atoms with Crippen molar-refractivity contribution in [1.29, 1.82) is 0 Å². The maximum Gasteiger partial charge on any atom is 0.0952 e. The Bertz CT molecular complexity index is 303. The molecule has 0 aromatic rings. The second kappa shape index (κ2) is 7.40. The molecule has 1 aliphatic carbocycles. The molecular formula is C17H34O4. The Balaban J connectivity index is 2.33. The van der Waals surface area contributed by atoms with E-state index in [-0.39, 0.29) is 16.6 Å². The predicted molar refractivity (Wildman–Crippen MR) is 83.6 cm³/mol. The molecule has 4 nitrogen and oxygen atoms in total. The predicted octanol–water partition coefficient (Wildman–Crippen LogP) is 4.68. The Morgan fingerprint density at radius 1 is 0.952 bits per heavy atom. The first-order chi connectivity index (χ1) is 9.49. The molecule has 0 aromatic heterocycles. The molecule has 0 saturated heterocycles. The van der Waals surface area contributed by atoms with Crippen LogP contribution < -0.4 is 0 Å². The highest BCUT2D eigenvalue weighted by atomic mass is 17.2. The monoisotopic (exact) mass is 302 g/mol. The lowest BCUT2D eigenvalue weighted by Crippen LogP contribution is -2.34. The average Bonchev–Trinajstić information content (AvgIpc) is 2.25. The third kappa shape index (κ3) is 8.77. The van der Waals surface area contributed by atoms with Crippen LogP contribution in [0.15, 0.2) is 0 Å². The van der Waals surface area contributed by atoms with Crippen LogP contribution in [-0.4, -0.2) is 24.4 Å². The van der Waals surface area contributed by atoms with Crippen LogP contribution in [0.3, 0.4) is 0 Å². The largest absolute Gasteiger partial charge is 0.236 e. The summed E-state index contributed by atoms with van der Waals surface area (Å²) < 4.78 is 0. The molecule has 0 N–H and O–H groups in total. The smallest absolute Gasteiger partial charge is 0.0952 e. The molecule has 0 spiro atoms. The van der Waals surface area contributed by atoms with Gasteiger partial charge >= 0.3 is 0 Å². The molecular weight excluding hydrogens is 268 g/mol. The molecule has 1 aliphatic rings. The van der Waals surface area contributed by atoms with Gasteiger partial charge in [-0.05, 0) is 72.1 Å². The molecule has 1 saturated carbocycles. The van der Waals surface area contributed by atoms with Gasteiger partial charge in [0.1, 0.15) is 0 Å². The van der Waals surface area contributed by atoms with E-state index in [1.807, 2.05) is 41.5 Å². The van der Waals surface area contributed by atoms with E-state index >= 15 is 0 Å². The maximum absolute atomic E-state index is 5.48. The summed E-state index contributed by atoms with van der Waals surface area (Å²) in [6, 6.07) is 0. The zero-order chi connectivity index (χ0) is 16.1. The van der Waals surface area contributed by atoms with E-state index in [0.717, 1.165) is 6.42 Å². The van der Waals surface area contributed by atoms with Crippen LogP contribution in [0.1, 0.15) is 74.1 Å². The summed E-state index contributed by atoms with van der Waals surface area (Å²) in [6.45, 7) is 15.6. The second-order valence-corrected chi connectivity index (χ2v) is 8.71. The lowest BCUT2D eigenvalue weighted by Gasteiger charge is -2.38. The van der Waals surface area contributed by atoms with Crippen molar-refractivity contribution in [2.45, 2.75) is 85.4 Å². The van der Waals surface area contributed by atoms with Gasteiger partial charge in [0, 0.05) is 0 Å². The first kappa shape index (κ1) is 18.9. The van der Waals surface area contributed by atoms with Crippen molar-refractivity contribution >= 4 is 0 Å². The molecule has 1 fully saturated rings. The Labute approximate surface area is 130 Å². The number of hydrogen-bond donors (Lipinski definition) is 0. The van der Waals surface area contributed by atoms with Crippen LogP contribution in [0.4, 0.5) is 0 Å². The fourth-order valence-corrected chi connectivity index (χ4v) is 2.65. The van der Waals surface area contributed by atoms with Gasteiger partial charge in [-0.15, -0.1) is 0 Å². The van der Waals surface area contributed by atoms with Gasteiger partial charge in [0.25, 0.3) is 0 Å². The fourth-order valence-electron chi connectivity index (χ4n) is 2.65. The summed E-state index contributed by atoms with van der Waals surface area (Å²) in [6.07, 6.45) is 4.67. The number of hydrogen-bond acceptors (Lipinski definition) is 4. The van der Waals surface area contributed by atoms with Crippen LogP contribution in [-0.2, 0) is 19.6 Å². The Hall–Kier alpha value is -0.160. The summed E-state index contributed by atoms with van der Waals surface area (Å²) >= 11 is 0. The van der Waals surface area contributed by atoms with E-state index in [1.54, 1.807) is 0 Å². The van der Waals surface area contributed by atoms with Crippen LogP contribution in [0, 0.1) is 11.3 Å². The highest BCUT2D eigenvalue weighted by molar-refractivity contribution is 4.82. The molecule has 4 heteroatoms. The van der Waals surface area contributed by atoms with Crippen molar-refractivity contribution in [2.75, 3.05) is 13.2 Å². The molecule has 0 amide bonds. The van der Waals surface area contributed by atoms with Crippen LogP contribution in [0.2, 0.25) is 0 Å². The van der Waals surface area contributed by atoms with Gasteiger partial charge < -0.3 is 0 Å². The van der Waals surface area contributed by atoms with E-state index in [1.165, 1.54) is 19.3 Å². The van der Waals surface area contributed by atoms with Gasteiger partial charge in [0.15, 0.2) is 0 Å². The van der Waals surface area contributed by atoms with Gasteiger partial charge in [0.05, 0.1) is 24.4 Å². The highest BCUT2D eigenvalue weighted by Gasteiger charge is 2.33. The van der Waals surface area contributed by atoms with Gasteiger partial charge in [-0.1, -0.05) is 13.3 Å². The van der Waals surface area contributed by atoms with E-state index in [9.17, 15) is 0 Å². The minimum Gasteiger partial charge on any atom is -0.236 e. The third-order valence-electron chi connectivity index (χ3n) is 3.50. The molecule has 0 aliphatic heterocycles. The Morgan fingerprint density at radius 2 is 1.52 bits per heavy atom. The van der Waals surface area contributed by atoms with E-state index in [4.69, 9.17) is 19.6 Å². The minimum atomic E-state index is -0.256. The molecule has 2 atom stereocenters. The first-order valence-corrected chi connectivity index (χ1v) is 8.10. The standard InChI is InChI=1S/C17H34O4/c1-15(2,3)20-18-12-14-9-8-10-17(7,11-14)13-19-21-16(4,5)6/h14H,8-13H2,1-7H3.